The Kier molecular flexibility index (Phi) is 5.07. The van der Waals surface area contributed by atoms with Crippen molar-refractivity contribution >= 4 is 11.6 Å². The molecule has 0 bridgehead atoms. The number of aromatic nitrogens is 2. The number of benzene rings is 2. The lowest BCUT2D eigenvalue weighted by atomic mass is 10.2. The molecule has 3 aromatic rings. The molecule has 0 spiro atoms. The highest BCUT2D eigenvalue weighted by Gasteiger charge is 2.21. The van der Waals surface area contributed by atoms with Gasteiger partial charge in [0, 0.05) is 7.05 Å². The number of nitrogens with one attached hydrogen (secondary N) is 1. The number of nitrogens with zero attached hydrogens (tertiary/aromatic N) is 2. The van der Waals surface area contributed by atoms with Crippen molar-refractivity contribution < 1.29 is 18.3 Å². The molecule has 8 heteroatoms. The predicted molar refractivity (Wildman–Crippen MR) is 96.8 cm³/mol. The van der Waals surface area contributed by atoms with E-state index >= 15 is 0 Å². The molecule has 3 rings (SSSR count). The Morgan fingerprint density at radius 2 is 1.70 bits per heavy atom. The first kappa shape index (κ1) is 18.4. The van der Waals surface area contributed by atoms with E-state index in [0.29, 0.717) is 11.4 Å². The van der Waals surface area contributed by atoms with Gasteiger partial charge >= 0.3 is 6.61 Å². The van der Waals surface area contributed by atoms with E-state index in [0.717, 1.165) is 0 Å². The molecule has 1 aromatic heterocycles. The fourth-order valence-electron chi connectivity index (χ4n) is 2.75. The molecular weight excluding hydrogens is 356 g/mol. The summed E-state index contributed by atoms with van der Waals surface area (Å²) in [6.07, 6.45) is 0. The second-order valence-corrected chi connectivity index (χ2v) is 5.77. The van der Waals surface area contributed by atoms with E-state index in [1.165, 1.54) is 28.9 Å². The number of amides is 1. The van der Waals surface area contributed by atoms with E-state index in [-0.39, 0.29) is 17.0 Å². The molecule has 0 aliphatic heterocycles. The molecule has 0 saturated carbocycles. The Bertz CT molecular complexity index is 1030. The number of carbonyl (C=O) groups excluding carboxylic acids is 1. The van der Waals surface area contributed by atoms with Crippen LogP contribution in [0.3, 0.4) is 0 Å². The van der Waals surface area contributed by atoms with Gasteiger partial charge in [0.15, 0.2) is 0 Å². The first-order valence-corrected chi connectivity index (χ1v) is 8.09. The van der Waals surface area contributed by atoms with Crippen LogP contribution in [0, 0.1) is 6.92 Å². The van der Waals surface area contributed by atoms with Gasteiger partial charge in [-0.05, 0) is 31.2 Å². The van der Waals surface area contributed by atoms with Gasteiger partial charge in [0.2, 0.25) is 0 Å². The molecule has 0 radical (unpaired) electrons. The Labute approximate surface area is 153 Å². The lowest BCUT2D eigenvalue weighted by Crippen LogP contribution is -2.23. The zero-order chi connectivity index (χ0) is 19.6. The summed E-state index contributed by atoms with van der Waals surface area (Å²) in [7, 11) is 1.69. The maximum atomic E-state index is 12.8. The molecule has 6 nitrogen and oxygen atoms in total. The number of halogens is 2. The summed E-state index contributed by atoms with van der Waals surface area (Å²) >= 11 is 0. The van der Waals surface area contributed by atoms with E-state index in [1.54, 1.807) is 42.9 Å². The molecule has 0 fully saturated rings. The third-order valence-corrected chi connectivity index (χ3v) is 4.14. The second-order valence-electron chi connectivity index (χ2n) is 5.77. The Balaban J connectivity index is 1.98. The van der Waals surface area contributed by atoms with E-state index in [2.05, 4.69) is 10.1 Å². The molecule has 1 amide bonds. The van der Waals surface area contributed by atoms with Crippen molar-refractivity contribution in [2.45, 2.75) is 13.5 Å². The Morgan fingerprint density at radius 1 is 1.07 bits per heavy atom. The highest BCUT2D eigenvalue weighted by atomic mass is 19.3. The summed E-state index contributed by atoms with van der Waals surface area (Å²) in [6.45, 7) is -1.38. The van der Waals surface area contributed by atoms with E-state index in [9.17, 15) is 18.4 Å². The normalized spacial score (nSPS) is 10.9. The van der Waals surface area contributed by atoms with Crippen LogP contribution < -0.4 is 15.6 Å². The van der Waals surface area contributed by atoms with Crippen molar-refractivity contribution in [1.82, 2.24) is 9.36 Å². The first-order chi connectivity index (χ1) is 12.9. The van der Waals surface area contributed by atoms with Gasteiger partial charge in [0.1, 0.15) is 11.4 Å². The number of alkyl halides is 2. The molecule has 2 aromatic carbocycles. The van der Waals surface area contributed by atoms with Gasteiger partial charge in [-0.25, -0.2) is 4.68 Å². The number of hydrogen-bond acceptors (Lipinski definition) is 3. The number of anilines is 1. The molecule has 1 heterocycles. The van der Waals surface area contributed by atoms with Crippen molar-refractivity contribution in [2.24, 2.45) is 7.05 Å². The van der Waals surface area contributed by atoms with Crippen molar-refractivity contribution in [3.8, 4) is 11.4 Å². The third kappa shape index (κ3) is 3.59. The van der Waals surface area contributed by atoms with Gasteiger partial charge in [0.05, 0.1) is 16.9 Å². The standard InChI is InChI=1S/C19H17F2N3O3/c1-12-16(18(26)24(23(12)2)13-8-4-3-5-9-13)22-17(25)14-10-6-7-11-15(14)27-19(20)21/h3-11,19H,1-2H3,(H,22,25). The van der Waals surface area contributed by atoms with Crippen LogP contribution in [0.4, 0.5) is 14.5 Å². The largest absolute Gasteiger partial charge is 0.434 e. The summed E-state index contributed by atoms with van der Waals surface area (Å²) < 4.78 is 32.5. The molecule has 0 atom stereocenters. The number of hydrogen-bond donors (Lipinski definition) is 1. The monoisotopic (exact) mass is 373 g/mol. The lowest BCUT2D eigenvalue weighted by Gasteiger charge is -2.10. The van der Waals surface area contributed by atoms with E-state index in [4.69, 9.17) is 0 Å². The summed E-state index contributed by atoms with van der Waals surface area (Å²) in [6, 6.07) is 14.5. The van der Waals surface area contributed by atoms with Crippen molar-refractivity contribution in [3.05, 3.63) is 76.2 Å². The Morgan fingerprint density at radius 3 is 2.37 bits per heavy atom. The smallest absolute Gasteiger partial charge is 0.387 e. The summed E-state index contributed by atoms with van der Waals surface area (Å²) in [5.74, 6) is -0.973. The predicted octanol–water partition coefficient (Wildman–Crippen LogP) is 3.34. The average Bonchev–Trinajstić information content (AvgIpc) is 2.85. The first-order valence-electron chi connectivity index (χ1n) is 8.09. The maximum absolute atomic E-state index is 12.8. The molecule has 0 aliphatic rings. The van der Waals surface area contributed by atoms with Gasteiger partial charge < -0.3 is 10.1 Å². The van der Waals surface area contributed by atoms with Gasteiger partial charge in [-0.15, -0.1) is 0 Å². The summed E-state index contributed by atoms with van der Waals surface area (Å²) in [5, 5.41) is 2.52. The van der Waals surface area contributed by atoms with E-state index < -0.39 is 18.1 Å². The second kappa shape index (κ2) is 7.45. The van der Waals surface area contributed by atoms with Crippen LogP contribution in [0.15, 0.2) is 59.4 Å². The van der Waals surface area contributed by atoms with Gasteiger partial charge in [0.25, 0.3) is 11.5 Å². The molecule has 0 saturated heterocycles. The summed E-state index contributed by atoms with van der Waals surface area (Å²) in [4.78, 5) is 25.4. The molecule has 0 unspecified atom stereocenters. The summed E-state index contributed by atoms with van der Waals surface area (Å²) in [5.41, 5.74) is 0.700. The number of ether oxygens (including phenoxy) is 1. The number of rotatable bonds is 5. The minimum absolute atomic E-state index is 0.0678. The van der Waals surface area contributed by atoms with Crippen molar-refractivity contribution in [3.63, 3.8) is 0 Å². The van der Waals surface area contributed by atoms with Crippen LogP contribution >= 0.6 is 0 Å². The quantitative estimate of drug-likeness (QED) is 0.746. The third-order valence-electron chi connectivity index (χ3n) is 4.14. The molecule has 140 valence electrons. The van der Waals surface area contributed by atoms with Gasteiger partial charge in [-0.1, -0.05) is 30.3 Å². The molecule has 0 aliphatic carbocycles. The molecule has 1 N–H and O–H groups in total. The van der Waals surface area contributed by atoms with Crippen LogP contribution in [0.1, 0.15) is 16.1 Å². The van der Waals surface area contributed by atoms with Crippen LogP contribution in [0.25, 0.3) is 5.69 Å². The van der Waals surface area contributed by atoms with Crippen molar-refractivity contribution in [2.75, 3.05) is 5.32 Å². The average molecular weight is 373 g/mol. The van der Waals surface area contributed by atoms with Crippen molar-refractivity contribution in [1.29, 1.82) is 0 Å². The van der Waals surface area contributed by atoms with E-state index in [1.807, 2.05) is 6.07 Å². The lowest BCUT2D eigenvalue weighted by molar-refractivity contribution is -0.0501. The zero-order valence-corrected chi connectivity index (χ0v) is 14.6. The number of carbonyl (C=O) groups is 1. The SMILES string of the molecule is Cc1c(NC(=O)c2ccccc2OC(F)F)c(=O)n(-c2ccccc2)n1C. The topological polar surface area (TPSA) is 65.3 Å². The Hall–Kier alpha value is -3.42. The number of para-hydroxylation sites is 2. The van der Waals surface area contributed by atoms with Crippen LogP contribution in [0.5, 0.6) is 5.75 Å². The van der Waals surface area contributed by atoms with Crippen LogP contribution in [-0.4, -0.2) is 21.9 Å². The minimum atomic E-state index is -3.06. The highest BCUT2D eigenvalue weighted by Crippen LogP contribution is 2.22. The highest BCUT2D eigenvalue weighted by molar-refractivity contribution is 6.06. The van der Waals surface area contributed by atoms with Gasteiger partial charge in [-0.2, -0.15) is 8.78 Å². The minimum Gasteiger partial charge on any atom is -0.434 e. The zero-order valence-electron chi connectivity index (χ0n) is 14.6. The molecule has 27 heavy (non-hydrogen) atoms. The van der Waals surface area contributed by atoms with Crippen LogP contribution in [0.2, 0.25) is 0 Å². The van der Waals surface area contributed by atoms with Crippen LogP contribution in [-0.2, 0) is 7.05 Å². The fraction of sp³-hybridized carbons (Fsp3) is 0.158. The van der Waals surface area contributed by atoms with Gasteiger partial charge in [-0.3, -0.25) is 14.3 Å². The maximum Gasteiger partial charge on any atom is 0.387 e. The fourth-order valence-corrected chi connectivity index (χ4v) is 2.75. The molecular formula is C19H17F2N3O3.